The average molecular weight is 332 g/mol. The summed E-state index contributed by atoms with van der Waals surface area (Å²) in [5, 5.41) is 18.3. The molecule has 0 aliphatic heterocycles. The summed E-state index contributed by atoms with van der Waals surface area (Å²) in [5.74, 6) is 2.33. The summed E-state index contributed by atoms with van der Waals surface area (Å²) >= 11 is 1.73. The minimum Gasteiger partial charge on any atom is -0.394 e. The summed E-state index contributed by atoms with van der Waals surface area (Å²) in [7, 11) is 0. The van der Waals surface area contributed by atoms with E-state index in [1.165, 1.54) is 17.7 Å². The van der Waals surface area contributed by atoms with E-state index in [0.717, 1.165) is 18.1 Å². The van der Waals surface area contributed by atoms with Gasteiger partial charge in [-0.05, 0) is 30.2 Å². The van der Waals surface area contributed by atoms with Gasteiger partial charge in [-0.3, -0.25) is 0 Å². The second-order valence-corrected chi connectivity index (χ2v) is 7.42. The first-order valence-electron chi connectivity index (χ1n) is 8.18. The fourth-order valence-corrected chi connectivity index (χ4v) is 3.03. The molecular formula is C17H24N4OS. The van der Waals surface area contributed by atoms with Crippen LogP contribution in [0.5, 0.6) is 0 Å². The zero-order chi connectivity index (χ0) is 16.2. The third kappa shape index (κ3) is 4.42. The maximum absolute atomic E-state index is 9.51. The van der Waals surface area contributed by atoms with Crippen LogP contribution in [-0.2, 0) is 6.54 Å². The van der Waals surface area contributed by atoms with Crippen LogP contribution in [0.25, 0.3) is 0 Å². The van der Waals surface area contributed by atoms with E-state index in [1.54, 1.807) is 11.3 Å². The molecule has 0 bridgehead atoms. The molecule has 0 spiro atoms. The van der Waals surface area contributed by atoms with Crippen molar-refractivity contribution in [2.24, 2.45) is 5.92 Å². The lowest BCUT2D eigenvalue weighted by atomic mass is 10.1. The number of aromatic nitrogens is 2. The van der Waals surface area contributed by atoms with Gasteiger partial charge in [0, 0.05) is 16.9 Å². The average Bonchev–Trinajstić information content (AvgIpc) is 3.27. The zero-order valence-electron chi connectivity index (χ0n) is 13.6. The number of aliphatic hydroxyl groups excluding tert-OH is 1. The Morgan fingerprint density at radius 2 is 2.17 bits per heavy atom. The molecule has 0 saturated heterocycles. The van der Waals surface area contributed by atoms with E-state index in [2.05, 4.69) is 58.0 Å². The number of thiophene rings is 1. The number of anilines is 2. The first kappa shape index (κ1) is 16.2. The Bertz CT molecular complexity index is 626. The molecule has 23 heavy (non-hydrogen) atoms. The van der Waals surface area contributed by atoms with E-state index < -0.39 is 0 Å². The summed E-state index contributed by atoms with van der Waals surface area (Å²) in [6.45, 7) is 5.00. The minimum atomic E-state index is -0.0328. The zero-order valence-corrected chi connectivity index (χ0v) is 14.4. The molecule has 1 aliphatic rings. The predicted octanol–water partition coefficient (Wildman–Crippen LogP) is 3.46. The number of hydrogen-bond acceptors (Lipinski definition) is 6. The van der Waals surface area contributed by atoms with E-state index >= 15 is 0 Å². The largest absolute Gasteiger partial charge is 0.394 e. The van der Waals surface area contributed by atoms with Crippen molar-refractivity contribution >= 4 is 23.1 Å². The van der Waals surface area contributed by atoms with E-state index in [0.29, 0.717) is 17.8 Å². The maximum atomic E-state index is 9.51. The Balaban J connectivity index is 1.75. The van der Waals surface area contributed by atoms with Crippen molar-refractivity contribution in [2.45, 2.75) is 45.2 Å². The molecule has 1 saturated carbocycles. The third-order valence-electron chi connectivity index (χ3n) is 4.08. The number of hydrogen-bond donors (Lipinski definition) is 3. The number of nitrogens with zero attached hydrogens (tertiary/aromatic N) is 2. The third-order valence-corrected chi connectivity index (χ3v) is 4.96. The number of nitrogens with one attached hydrogen (secondary N) is 2. The molecular weight excluding hydrogens is 308 g/mol. The molecule has 0 unspecified atom stereocenters. The molecule has 2 aromatic rings. The summed E-state index contributed by atoms with van der Waals surface area (Å²) < 4.78 is 0. The van der Waals surface area contributed by atoms with Gasteiger partial charge in [0.05, 0.1) is 24.9 Å². The maximum Gasteiger partial charge on any atom is 0.225 e. The lowest BCUT2D eigenvalue weighted by Gasteiger charge is -2.20. The van der Waals surface area contributed by atoms with E-state index in [9.17, 15) is 5.11 Å². The van der Waals surface area contributed by atoms with Gasteiger partial charge in [0.25, 0.3) is 0 Å². The van der Waals surface area contributed by atoms with Crippen molar-refractivity contribution in [2.75, 3.05) is 17.2 Å². The summed E-state index contributed by atoms with van der Waals surface area (Å²) in [5.41, 5.74) is 1.09. The number of rotatable bonds is 8. The highest BCUT2D eigenvalue weighted by molar-refractivity contribution is 7.09. The Kier molecular flexibility index (Phi) is 5.13. The topological polar surface area (TPSA) is 70.1 Å². The van der Waals surface area contributed by atoms with Crippen LogP contribution in [0.15, 0.2) is 23.6 Å². The highest BCUT2D eigenvalue weighted by Gasteiger charge is 2.26. The van der Waals surface area contributed by atoms with Crippen LogP contribution in [-0.4, -0.2) is 27.7 Å². The van der Waals surface area contributed by atoms with Gasteiger partial charge < -0.3 is 15.7 Å². The van der Waals surface area contributed by atoms with Gasteiger partial charge >= 0.3 is 0 Å². The van der Waals surface area contributed by atoms with Crippen molar-refractivity contribution in [1.29, 1.82) is 0 Å². The van der Waals surface area contributed by atoms with Gasteiger partial charge in [0.1, 0.15) is 5.82 Å². The Morgan fingerprint density at radius 3 is 2.78 bits per heavy atom. The monoisotopic (exact) mass is 332 g/mol. The fraction of sp³-hybridized carbons (Fsp3) is 0.529. The molecule has 0 amide bonds. The molecule has 6 heteroatoms. The molecule has 1 aliphatic carbocycles. The van der Waals surface area contributed by atoms with Crippen LogP contribution in [0.3, 0.4) is 0 Å². The van der Waals surface area contributed by atoms with Crippen LogP contribution in [0.4, 0.5) is 11.8 Å². The number of aliphatic hydroxyl groups is 1. The molecule has 2 aromatic heterocycles. The molecule has 3 N–H and O–H groups in total. The van der Waals surface area contributed by atoms with Gasteiger partial charge in [0.2, 0.25) is 5.95 Å². The lowest BCUT2D eigenvalue weighted by Crippen LogP contribution is -2.30. The predicted molar refractivity (Wildman–Crippen MR) is 95.0 cm³/mol. The van der Waals surface area contributed by atoms with E-state index in [1.807, 2.05) is 0 Å². The van der Waals surface area contributed by atoms with Gasteiger partial charge in [0.15, 0.2) is 0 Å². The van der Waals surface area contributed by atoms with Crippen molar-refractivity contribution in [1.82, 2.24) is 9.97 Å². The van der Waals surface area contributed by atoms with Gasteiger partial charge in [-0.2, -0.15) is 4.98 Å². The Hall–Kier alpha value is -1.66. The highest BCUT2D eigenvalue weighted by atomic mass is 32.1. The van der Waals surface area contributed by atoms with Crippen molar-refractivity contribution in [3.05, 3.63) is 34.2 Å². The second-order valence-electron chi connectivity index (χ2n) is 6.39. The van der Waals surface area contributed by atoms with Gasteiger partial charge in [-0.25, -0.2) is 4.98 Å². The molecule has 1 fully saturated rings. The molecule has 124 valence electrons. The first-order valence-corrected chi connectivity index (χ1v) is 9.06. The van der Waals surface area contributed by atoms with E-state index in [4.69, 9.17) is 0 Å². The summed E-state index contributed by atoms with van der Waals surface area (Å²) in [4.78, 5) is 10.5. The van der Waals surface area contributed by atoms with Crippen LogP contribution < -0.4 is 10.6 Å². The first-order chi connectivity index (χ1) is 11.2. The normalized spacial score (nSPS) is 15.7. The summed E-state index contributed by atoms with van der Waals surface area (Å²) in [6.07, 6.45) is 2.41. The standard InChI is InChI=1S/C17H24N4OS/c1-11(2)15(10-22)20-17-19-14(12-5-6-12)8-16(21-17)18-9-13-4-3-7-23-13/h3-4,7-8,11-12,15,22H,5-6,9-10H2,1-2H3,(H2,18,19,20,21)/t15-/m0/s1. The van der Waals surface area contributed by atoms with Crippen LogP contribution in [0, 0.1) is 5.92 Å². The van der Waals surface area contributed by atoms with Crippen LogP contribution in [0.1, 0.15) is 43.2 Å². The van der Waals surface area contributed by atoms with Gasteiger partial charge in [-0.1, -0.05) is 19.9 Å². The molecule has 2 heterocycles. The molecule has 0 aromatic carbocycles. The quantitative estimate of drug-likeness (QED) is 0.691. The molecule has 5 nitrogen and oxygen atoms in total. The molecule has 3 rings (SSSR count). The minimum absolute atomic E-state index is 0.0328. The molecule has 0 radical (unpaired) electrons. The van der Waals surface area contributed by atoms with Crippen molar-refractivity contribution in [3.63, 3.8) is 0 Å². The van der Waals surface area contributed by atoms with Crippen LogP contribution >= 0.6 is 11.3 Å². The van der Waals surface area contributed by atoms with Crippen molar-refractivity contribution < 1.29 is 5.11 Å². The summed E-state index contributed by atoms with van der Waals surface area (Å²) in [6, 6.07) is 6.19. The molecule has 1 atom stereocenters. The van der Waals surface area contributed by atoms with Crippen LogP contribution in [0.2, 0.25) is 0 Å². The van der Waals surface area contributed by atoms with E-state index in [-0.39, 0.29) is 12.6 Å². The second kappa shape index (κ2) is 7.27. The Morgan fingerprint density at radius 1 is 1.35 bits per heavy atom. The van der Waals surface area contributed by atoms with Gasteiger partial charge in [-0.15, -0.1) is 11.3 Å². The van der Waals surface area contributed by atoms with Crippen molar-refractivity contribution in [3.8, 4) is 0 Å². The SMILES string of the molecule is CC(C)[C@H](CO)Nc1nc(NCc2cccs2)cc(C2CC2)n1. The highest BCUT2D eigenvalue weighted by Crippen LogP contribution is 2.40. The Labute approximate surface area is 141 Å². The lowest BCUT2D eigenvalue weighted by molar-refractivity contribution is 0.248. The fourth-order valence-electron chi connectivity index (χ4n) is 2.39. The smallest absolute Gasteiger partial charge is 0.225 e.